The molecule has 0 bridgehead atoms. The third kappa shape index (κ3) is 19.9. The molecule has 0 fully saturated rings. The maximum Gasteiger partial charge on any atom is 0.201 e. The van der Waals surface area contributed by atoms with E-state index in [1.807, 2.05) is 0 Å². The molecule has 0 aromatic carbocycles. The zero-order chi connectivity index (χ0) is 16.3. The van der Waals surface area contributed by atoms with Crippen LogP contribution in [0.3, 0.4) is 0 Å². The van der Waals surface area contributed by atoms with Gasteiger partial charge in [-0.05, 0) is 6.42 Å². The van der Waals surface area contributed by atoms with Crippen LogP contribution in [0.4, 0.5) is 0 Å². The first-order valence-corrected chi connectivity index (χ1v) is 10.8. The second kappa shape index (κ2) is 19.0. The topological polar surface area (TPSA) is 46.2 Å². The molecule has 0 saturated heterocycles. The predicted octanol–water partition coefficient (Wildman–Crippen LogP) is 5.36. The number of rotatable bonds is 18. The van der Waals surface area contributed by atoms with Crippen LogP contribution in [-0.4, -0.2) is 15.0 Å². The molecule has 0 heterocycles. The summed E-state index contributed by atoms with van der Waals surface area (Å²) in [6.45, 7) is 2.88. The molecule has 0 saturated carbocycles. The maximum atomic E-state index is 10.3. The van der Waals surface area contributed by atoms with E-state index in [9.17, 15) is 8.42 Å². The molecule has 1 N–H and O–H groups in total. The van der Waals surface area contributed by atoms with E-state index >= 15 is 0 Å². The quantitative estimate of drug-likeness (QED) is 0.262. The van der Waals surface area contributed by atoms with Crippen molar-refractivity contribution in [1.82, 2.24) is 4.72 Å². The van der Waals surface area contributed by atoms with Crippen molar-refractivity contribution in [3.8, 4) is 0 Å². The van der Waals surface area contributed by atoms with E-state index in [2.05, 4.69) is 11.6 Å². The molecule has 0 radical (unpaired) electrons. The van der Waals surface area contributed by atoms with Crippen molar-refractivity contribution in [1.29, 1.82) is 0 Å². The van der Waals surface area contributed by atoms with Gasteiger partial charge in [0.05, 0.1) is 0 Å². The van der Waals surface area contributed by atoms with Crippen LogP contribution in [0.5, 0.6) is 0 Å². The van der Waals surface area contributed by atoms with Crippen LogP contribution in [0.15, 0.2) is 0 Å². The Morgan fingerprint density at radius 1 is 0.545 bits per heavy atom. The average molecular weight is 334 g/mol. The second-order valence-electron chi connectivity index (χ2n) is 6.47. The Bertz CT molecular complexity index is 272. The summed E-state index contributed by atoms with van der Waals surface area (Å²) in [6, 6.07) is 0. The molecule has 0 aliphatic heterocycles. The van der Waals surface area contributed by atoms with Gasteiger partial charge < -0.3 is 0 Å². The van der Waals surface area contributed by atoms with E-state index in [0.29, 0.717) is 6.54 Å². The molecule has 4 heteroatoms. The van der Waals surface area contributed by atoms with Crippen molar-refractivity contribution in [2.24, 2.45) is 0 Å². The van der Waals surface area contributed by atoms with Crippen molar-refractivity contribution >= 4 is 10.9 Å². The molecule has 0 rings (SSSR count). The number of hydrogen-bond donors (Lipinski definition) is 2. The van der Waals surface area contributed by atoms with Crippen molar-refractivity contribution in [2.75, 3.05) is 6.54 Å². The number of unbranched alkanes of at least 4 members (excludes halogenated alkanes) is 15. The Morgan fingerprint density at radius 2 is 0.864 bits per heavy atom. The van der Waals surface area contributed by atoms with Gasteiger partial charge in [0.15, 0.2) is 0 Å². The van der Waals surface area contributed by atoms with Crippen LogP contribution in [0, 0.1) is 0 Å². The molecule has 134 valence electrons. The molecule has 0 unspecified atom stereocenters. The first-order chi connectivity index (χ1) is 10.8. The third-order valence-electron chi connectivity index (χ3n) is 4.27. The molecular weight excluding hydrogens is 294 g/mol. The number of thiol groups is 1. The van der Waals surface area contributed by atoms with Crippen LogP contribution < -0.4 is 4.72 Å². The van der Waals surface area contributed by atoms with Crippen LogP contribution in [0.1, 0.15) is 110 Å². The van der Waals surface area contributed by atoms with Crippen molar-refractivity contribution in [3.63, 3.8) is 0 Å². The predicted molar refractivity (Wildman–Crippen MR) is 97.9 cm³/mol. The fourth-order valence-corrected chi connectivity index (χ4v) is 3.18. The lowest BCUT2D eigenvalue weighted by Crippen LogP contribution is -2.12. The fraction of sp³-hybridized carbons (Fsp3) is 1.00. The minimum atomic E-state index is -2.39. The van der Waals surface area contributed by atoms with Crippen LogP contribution in [-0.2, 0) is 10.9 Å². The maximum absolute atomic E-state index is 10.3. The van der Waals surface area contributed by atoms with Gasteiger partial charge in [0.1, 0.15) is 0 Å². The lowest BCUT2D eigenvalue weighted by molar-refractivity contribution is 0.528. The Hall–Kier alpha value is -0.0900. The van der Waals surface area contributed by atoms with Gasteiger partial charge in [0.25, 0.3) is 0 Å². The van der Waals surface area contributed by atoms with Gasteiger partial charge >= 0.3 is 0 Å². The standard InChI is InChI=1S/C18H39NO2S/c1-2-3-4-5-6-7-8-9-10-11-12-13-14-15-16-17-18-19-22(20)21/h22H,2-18H2,1H3,(H,19,20,21). The fourth-order valence-electron chi connectivity index (χ4n) is 2.84. The summed E-state index contributed by atoms with van der Waals surface area (Å²) >= 11 is 0. The molecular formula is C18H39NO2S. The zero-order valence-corrected chi connectivity index (χ0v) is 15.7. The van der Waals surface area contributed by atoms with Crippen LogP contribution in [0.2, 0.25) is 0 Å². The van der Waals surface area contributed by atoms with Crippen LogP contribution >= 0.6 is 0 Å². The Labute approximate surface area is 140 Å². The van der Waals surface area contributed by atoms with Crippen LogP contribution in [0.25, 0.3) is 0 Å². The largest absolute Gasteiger partial charge is 0.218 e. The van der Waals surface area contributed by atoms with E-state index < -0.39 is 10.9 Å². The Morgan fingerprint density at radius 3 is 1.18 bits per heavy atom. The third-order valence-corrected chi connectivity index (χ3v) is 4.75. The van der Waals surface area contributed by atoms with E-state index in [0.717, 1.165) is 12.8 Å². The molecule has 0 aliphatic rings. The molecule has 3 nitrogen and oxygen atoms in total. The molecule has 0 amide bonds. The normalized spacial score (nSPS) is 11.4. The Kier molecular flexibility index (Phi) is 18.9. The molecule has 0 spiro atoms. The summed E-state index contributed by atoms with van der Waals surface area (Å²) in [5.41, 5.74) is 0. The van der Waals surface area contributed by atoms with Gasteiger partial charge in [0, 0.05) is 6.54 Å². The molecule has 0 aromatic rings. The van der Waals surface area contributed by atoms with E-state index in [4.69, 9.17) is 0 Å². The van der Waals surface area contributed by atoms with Gasteiger partial charge in [0.2, 0.25) is 10.9 Å². The first-order valence-electron chi connectivity index (χ1n) is 9.65. The summed E-state index contributed by atoms with van der Waals surface area (Å²) in [5.74, 6) is 0. The number of nitrogens with one attached hydrogen (secondary N) is 1. The smallest absolute Gasteiger partial charge is 0.201 e. The molecule has 0 aliphatic carbocycles. The van der Waals surface area contributed by atoms with E-state index in [-0.39, 0.29) is 0 Å². The minimum Gasteiger partial charge on any atom is -0.218 e. The lowest BCUT2D eigenvalue weighted by Gasteiger charge is -2.03. The van der Waals surface area contributed by atoms with Gasteiger partial charge in [-0.1, -0.05) is 103 Å². The zero-order valence-electron chi connectivity index (χ0n) is 14.8. The molecule has 0 aromatic heterocycles. The summed E-state index contributed by atoms with van der Waals surface area (Å²) in [7, 11) is -2.39. The Balaban J connectivity index is 2.97. The van der Waals surface area contributed by atoms with Crippen molar-refractivity contribution < 1.29 is 8.42 Å². The monoisotopic (exact) mass is 333 g/mol. The average Bonchev–Trinajstić information content (AvgIpc) is 2.50. The van der Waals surface area contributed by atoms with Gasteiger partial charge in [-0.2, -0.15) is 0 Å². The van der Waals surface area contributed by atoms with Gasteiger partial charge in [-0.3, -0.25) is 0 Å². The summed E-state index contributed by atoms with van der Waals surface area (Å²) < 4.78 is 23.0. The highest BCUT2D eigenvalue weighted by Crippen LogP contribution is 2.13. The highest BCUT2D eigenvalue weighted by Gasteiger charge is 1.94. The minimum absolute atomic E-state index is 0.608. The van der Waals surface area contributed by atoms with Crippen molar-refractivity contribution in [2.45, 2.75) is 110 Å². The molecule has 0 atom stereocenters. The molecule has 22 heavy (non-hydrogen) atoms. The van der Waals surface area contributed by atoms with Crippen molar-refractivity contribution in [3.05, 3.63) is 0 Å². The van der Waals surface area contributed by atoms with E-state index in [1.165, 1.54) is 89.9 Å². The lowest BCUT2D eigenvalue weighted by atomic mass is 10.0. The van der Waals surface area contributed by atoms with E-state index in [1.54, 1.807) is 0 Å². The second-order valence-corrected chi connectivity index (χ2v) is 7.30. The highest BCUT2D eigenvalue weighted by atomic mass is 32.2. The highest BCUT2D eigenvalue weighted by molar-refractivity contribution is 7.70. The number of hydrogen-bond acceptors (Lipinski definition) is 2. The SMILES string of the molecule is CCCCCCCCCCCCCCCCCCN[SH](=O)=O. The van der Waals surface area contributed by atoms with Gasteiger partial charge in [-0.15, -0.1) is 0 Å². The summed E-state index contributed by atoms with van der Waals surface area (Å²) in [5, 5.41) is 0. The van der Waals surface area contributed by atoms with Gasteiger partial charge in [-0.25, -0.2) is 13.1 Å². The summed E-state index contributed by atoms with van der Waals surface area (Å²) in [4.78, 5) is 0. The first kappa shape index (κ1) is 21.9. The summed E-state index contributed by atoms with van der Waals surface area (Å²) in [6.07, 6.45) is 21.6.